The minimum atomic E-state index is 0.250. The summed E-state index contributed by atoms with van der Waals surface area (Å²) in [5, 5.41) is 7.32. The molecule has 0 saturated carbocycles. The molecule has 6 heteroatoms. The summed E-state index contributed by atoms with van der Waals surface area (Å²) in [7, 11) is 0. The van der Waals surface area contributed by atoms with E-state index in [9.17, 15) is 0 Å². The summed E-state index contributed by atoms with van der Waals surface area (Å²) in [5.41, 5.74) is 0.250. The van der Waals surface area contributed by atoms with Crippen LogP contribution in [-0.2, 0) is 6.54 Å². The van der Waals surface area contributed by atoms with Crippen molar-refractivity contribution in [1.82, 2.24) is 19.7 Å². The number of H-pyrrole nitrogens is 1. The Morgan fingerprint density at radius 1 is 1.21 bits per heavy atom. The van der Waals surface area contributed by atoms with Crippen molar-refractivity contribution >= 4 is 18.2 Å². The molecule has 1 aromatic heterocycles. The zero-order valence-electron chi connectivity index (χ0n) is 12.4. The fraction of sp³-hybridized carbons (Fsp3) is 0.846. The van der Waals surface area contributed by atoms with Crippen LogP contribution < -0.4 is 4.90 Å². The van der Waals surface area contributed by atoms with Crippen molar-refractivity contribution in [2.75, 3.05) is 31.1 Å². The lowest BCUT2D eigenvalue weighted by molar-refractivity contribution is 0.128. The van der Waals surface area contributed by atoms with Gasteiger partial charge in [-0.2, -0.15) is 0 Å². The summed E-state index contributed by atoms with van der Waals surface area (Å²) in [6.45, 7) is 14.1. The predicted molar refractivity (Wildman–Crippen MR) is 81.2 cm³/mol. The molecule has 1 aromatic rings. The highest BCUT2D eigenvalue weighted by Gasteiger charge is 2.27. The van der Waals surface area contributed by atoms with E-state index in [1.54, 1.807) is 0 Å². The lowest BCUT2D eigenvalue weighted by Crippen LogP contribution is -2.54. The number of aromatic nitrogens is 3. The fourth-order valence-electron chi connectivity index (χ4n) is 2.55. The van der Waals surface area contributed by atoms with E-state index in [4.69, 9.17) is 12.2 Å². The van der Waals surface area contributed by atoms with Gasteiger partial charge in [-0.25, -0.2) is 5.10 Å². The van der Waals surface area contributed by atoms with E-state index in [-0.39, 0.29) is 5.54 Å². The van der Waals surface area contributed by atoms with Crippen molar-refractivity contribution in [2.24, 2.45) is 0 Å². The van der Waals surface area contributed by atoms with E-state index in [2.05, 4.69) is 52.3 Å². The summed E-state index contributed by atoms with van der Waals surface area (Å²) in [6.07, 6.45) is 1.07. The summed E-state index contributed by atoms with van der Waals surface area (Å²) in [4.78, 5) is 4.86. The van der Waals surface area contributed by atoms with Gasteiger partial charge in [0, 0.05) is 38.3 Å². The molecule has 19 heavy (non-hydrogen) atoms. The van der Waals surface area contributed by atoms with E-state index in [1.807, 2.05) is 0 Å². The minimum Gasteiger partial charge on any atom is -0.338 e. The highest BCUT2D eigenvalue weighted by atomic mass is 32.1. The second-order valence-corrected chi connectivity index (χ2v) is 6.51. The number of hydrogen-bond donors (Lipinski definition) is 1. The van der Waals surface area contributed by atoms with Gasteiger partial charge in [-0.1, -0.05) is 6.92 Å². The fourth-order valence-corrected chi connectivity index (χ4v) is 2.77. The Labute approximate surface area is 120 Å². The maximum atomic E-state index is 5.30. The first-order valence-electron chi connectivity index (χ1n) is 7.08. The summed E-state index contributed by atoms with van der Waals surface area (Å²) in [5.74, 6) is 1.00. The highest BCUT2D eigenvalue weighted by molar-refractivity contribution is 7.71. The maximum absolute atomic E-state index is 5.30. The number of piperazine rings is 1. The van der Waals surface area contributed by atoms with Gasteiger partial charge in [0.15, 0.2) is 4.77 Å². The molecule has 1 fully saturated rings. The molecular formula is C13H25N5S. The molecule has 0 aromatic carbocycles. The van der Waals surface area contributed by atoms with E-state index >= 15 is 0 Å². The van der Waals surface area contributed by atoms with E-state index in [1.165, 1.54) is 0 Å². The molecule has 5 nitrogen and oxygen atoms in total. The Morgan fingerprint density at radius 2 is 1.84 bits per heavy atom. The molecule has 2 rings (SSSR count). The number of aromatic amines is 1. The van der Waals surface area contributed by atoms with Crippen molar-refractivity contribution in [1.29, 1.82) is 0 Å². The van der Waals surface area contributed by atoms with Gasteiger partial charge < -0.3 is 4.90 Å². The van der Waals surface area contributed by atoms with Crippen molar-refractivity contribution in [3.63, 3.8) is 0 Å². The van der Waals surface area contributed by atoms with Crippen molar-refractivity contribution < 1.29 is 0 Å². The highest BCUT2D eigenvalue weighted by Crippen LogP contribution is 2.19. The molecule has 0 amide bonds. The number of hydrogen-bond acceptors (Lipinski definition) is 4. The third-order valence-corrected chi connectivity index (χ3v) is 4.01. The summed E-state index contributed by atoms with van der Waals surface area (Å²) < 4.78 is 2.84. The molecule has 1 N–H and O–H groups in total. The van der Waals surface area contributed by atoms with Crippen LogP contribution in [0.25, 0.3) is 0 Å². The zero-order chi connectivity index (χ0) is 14.0. The quantitative estimate of drug-likeness (QED) is 0.864. The van der Waals surface area contributed by atoms with Crippen LogP contribution in [0.2, 0.25) is 0 Å². The van der Waals surface area contributed by atoms with Gasteiger partial charge in [0.1, 0.15) is 0 Å². The third kappa shape index (κ3) is 3.17. The summed E-state index contributed by atoms with van der Waals surface area (Å²) in [6, 6.07) is 0. The number of anilines is 1. The normalized spacial score (nSPS) is 18.0. The van der Waals surface area contributed by atoms with Gasteiger partial charge in [-0.05, 0) is 39.4 Å². The molecule has 0 spiro atoms. The monoisotopic (exact) mass is 283 g/mol. The smallest absolute Gasteiger partial charge is 0.225 e. The first-order valence-corrected chi connectivity index (χ1v) is 7.49. The Hall–Kier alpha value is -0.880. The molecule has 0 aliphatic carbocycles. The predicted octanol–water partition coefficient (Wildman–Crippen LogP) is 2.27. The first kappa shape index (κ1) is 14.5. The van der Waals surface area contributed by atoms with Crippen molar-refractivity contribution in [2.45, 2.75) is 46.2 Å². The number of nitrogens with one attached hydrogen (secondary N) is 1. The van der Waals surface area contributed by atoms with E-state index in [0.29, 0.717) is 0 Å². The van der Waals surface area contributed by atoms with E-state index < -0.39 is 0 Å². The van der Waals surface area contributed by atoms with Crippen molar-refractivity contribution in [3.8, 4) is 0 Å². The summed E-state index contributed by atoms with van der Waals surface area (Å²) >= 11 is 5.30. The topological polar surface area (TPSA) is 40.1 Å². The largest absolute Gasteiger partial charge is 0.338 e. The van der Waals surface area contributed by atoms with E-state index in [0.717, 1.165) is 49.9 Å². The zero-order valence-corrected chi connectivity index (χ0v) is 13.3. The molecule has 1 saturated heterocycles. The average Bonchev–Trinajstić information content (AvgIpc) is 2.71. The molecule has 0 radical (unpaired) electrons. The van der Waals surface area contributed by atoms with Crippen LogP contribution in [0.15, 0.2) is 0 Å². The molecular weight excluding hydrogens is 258 g/mol. The number of nitrogens with zero attached hydrogens (tertiary/aromatic N) is 4. The van der Waals surface area contributed by atoms with Crippen LogP contribution in [0.5, 0.6) is 0 Å². The third-order valence-electron chi connectivity index (χ3n) is 3.70. The molecule has 1 aliphatic rings. The second-order valence-electron chi connectivity index (χ2n) is 6.13. The molecule has 2 heterocycles. The molecule has 0 bridgehead atoms. The van der Waals surface area contributed by atoms with Crippen molar-refractivity contribution in [3.05, 3.63) is 4.77 Å². The number of rotatable bonds is 3. The van der Waals surface area contributed by atoms with Gasteiger partial charge in [0.2, 0.25) is 5.95 Å². The Bertz CT molecular complexity index is 462. The SMILES string of the molecule is CCCn1c(N2CCN(C(C)(C)C)CC2)n[nH]c1=S. The molecule has 0 atom stereocenters. The van der Waals surface area contributed by atoms with Gasteiger partial charge in [0.05, 0.1) is 0 Å². The average molecular weight is 283 g/mol. The maximum Gasteiger partial charge on any atom is 0.225 e. The van der Waals surface area contributed by atoms with Gasteiger partial charge >= 0.3 is 0 Å². The van der Waals surface area contributed by atoms with Gasteiger partial charge in [-0.3, -0.25) is 9.47 Å². The Kier molecular flexibility index (Phi) is 4.30. The standard InChI is InChI=1S/C13H25N5S/c1-5-6-18-11(14-15-12(18)19)16-7-9-17(10-8-16)13(2,3)4/h5-10H2,1-4H3,(H,15,19). The van der Waals surface area contributed by atoms with Gasteiger partial charge in [-0.15, -0.1) is 5.10 Å². The first-order chi connectivity index (χ1) is 8.93. The molecule has 108 valence electrons. The van der Waals surface area contributed by atoms with Crippen LogP contribution >= 0.6 is 12.2 Å². The van der Waals surface area contributed by atoms with Crippen LogP contribution in [0.1, 0.15) is 34.1 Å². The Morgan fingerprint density at radius 3 is 2.37 bits per heavy atom. The van der Waals surface area contributed by atoms with Crippen LogP contribution in [0.4, 0.5) is 5.95 Å². The van der Waals surface area contributed by atoms with Gasteiger partial charge in [0.25, 0.3) is 0 Å². The Balaban J connectivity index is 2.08. The lowest BCUT2D eigenvalue weighted by Gasteiger charge is -2.42. The molecule has 1 aliphatic heterocycles. The second kappa shape index (κ2) is 5.63. The van der Waals surface area contributed by atoms with Crippen LogP contribution in [0, 0.1) is 4.77 Å². The lowest BCUT2D eigenvalue weighted by atomic mass is 10.1. The minimum absolute atomic E-state index is 0.250. The van der Waals surface area contributed by atoms with Crippen LogP contribution in [0.3, 0.4) is 0 Å². The van der Waals surface area contributed by atoms with Crippen LogP contribution in [-0.4, -0.2) is 51.4 Å². The molecule has 0 unspecified atom stereocenters.